The second-order valence-corrected chi connectivity index (χ2v) is 4.24. The second kappa shape index (κ2) is 4.23. The van der Waals surface area contributed by atoms with Gasteiger partial charge in [0.25, 0.3) is 0 Å². The van der Waals surface area contributed by atoms with Gasteiger partial charge in [-0.1, -0.05) is 11.6 Å². The summed E-state index contributed by atoms with van der Waals surface area (Å²) < 4.78 is 2.04. The summed E-state index contributed by atoms with van der Waals surface area (Å²) in [7, 11) is 0. The number of carboxylic acid groups (broad SMARTS) is 1. The lowest BCUT2D eigenvalue weighted by molar-refractivity contribution is -0.137. The molecule has 2 rings (SSSR count). The standard InChI is InChI=1S/C10H13ClN2O2/c11-10-9-7(3-4-8(14)15)2-1-5-13(9)6-12-10/h6-7H,1-5H2,(H,14,15). The van der Waals surface area contributed by atoms with Crippen molar-refractivity contribution in [2.24, 2.45) is 0 Å². The quantitative estimate of drug-likeness (QED) is 0.864. The normalized spacial score (nSPS) is 19.9. The van der Waals surface area contributed by atoms with E-state index in [9.17, 15) is 4.79 Å². The molecule has 15 heavy (non-hydrogen) atoms. The van der Waals surface area contributed by atoms with Gasteiger partial charge < -0.3 is 9.67 Å². The number of hydrogen-bond donors (Lipinski definition) is 1. The second-order valence-electron chi connectivity index (χ2n) is 3.89. The Bertz CT molecular complexity index is 375. The molecule has 0 saturated heterocycles. The zero-order valence-corrected chi connectivity index (χ0v) is 9.07. The molecule has 0 fully saturated rings. The van der Waals surface area contributed by atoms with Gasteiger partial charge in [0.2, 0.25) is 0 Å². The molecule has 1 unspecified atom stereocenters. The molecule has 0 bridgehead atoms. The van der Waals surface area contributed by atoms with Crippen molar-refractivity contribution in [3.8, 4) is 0 Å². The number of aliphatic carboxylic acids is 1. The van der Waals surface area contributed by atoms with Crippen molar-refractivity contribution in [3.05, 3.63) is 17.2 Å². The molecule has 0 aliphatic carbocycles. The van der Waals surface area contributed by atoms with Crippen molar-refractivity contribution >= 4 is 17.6 Å². The van der Waals surface area contributed by atoms with Crippen LogP contribution in [0.25, 0.3) is 0 Å². The van der Waals surface area contributed by atoms with Crippen molar-refractivity contribution in [2.75, 3.05) is 0 Å². The van der Waals surface area contributed by atoms with E-state index in [2.05, 4.69) is 4.98 Å². The smallest absolute Gasteiger partial charge is 0.303 e. The van der Waals surface area contributed by atoms with E-state index in [1.807, 2.05) is 4.57 Å². The highest BCUT2D eigenvalue weighted by molar-refractivity contribution is 6.30. The maximum Gasteiger partial charge on any atom is 0.303 e. The fourth-order valence-corrected chi connectivity index (χ4v) is 2.48. The van der Waals surface area contributed by atoms with Crippen molar-refractivity contribution in [1.82, 2.24) is 9.55 Å². The molecular formula is C10H13ClN2O2. The maximum atomic E-state index is 10.5. The molecule has 1 aliphatic heterocycles. The number of halogens is 1. The van der Waals surface area contributed by atoms with Gasteiger partial charge in [0.1, 0.15) is 0 Å². The predicted octanol–water partition coefficient (Wildman–Crippen LogP) is 2.28. The molecule has 5 heteroatoms. The molecule has 4 nitrogen and oxygen atoms in total. The van der Waals surface area contributed by atoms with Crippen LogP contribution in [0.4, 0.5) is 0 Å². The molecule has 2 heterocycles. The van der Waals surface area contributed by atoms with Crippen LogP contribution in [-0.2, 0) is 11.3 Å². The van der Waals surface area contributed by atoms with Crippen molar-refractivity contribution < 1.29 is 9.90 Å². The van der Waals surface area contributed by atoms with Crippen molar-refractivity contribution in [1.29, 1.82) is 0 Å². The van der Waals surface area contributed by atoms with Crippen LogP contribution >= 0.6 is 11.6 Å². The van der Waals surface area contributed by atoms with Gasteiger partial charge in [0, 0.05) is 18.9 Å². The Labute approximate surface area is 92.9 Å². The summed E-state index contributed by atoms with van der Waals surface area (Å²) in [6.07, 6.45) is 4.68. The summed E-state index contributed by atoms with van der Waals surface area (Å²) in [6, 6.07) is 0. The fraction of sp³-hybridized carbons (Fsp3) is 0.600. The molecule has 1 aromatic heterocycles. The van der Waals surface area contributed by atoms with Gasteiger partial charge in [-0.25, -0.2) is 4.98 Å². The molecule has 1 aromatic rings. The minimum atomic E-state index is -0.747. The first-order valence-corrected chi connectivity index (χ1v) is 5.48. The van der Waals surface area contributed by atoms with Crippen LogP contribution < -0.4 is 0 Å². The van der Waals surface area contributed by atoms with Gasteiger partial charge >= 0.3 is 5.97 Å². The van der Waals surface area contributed by atoms with E-state index in [0.717, 1.165) is 25.1 Å². The number of aromatic nitrogens is 2. The number of nitrogens with zero attached hydrogens (tertiary/aromatic N) is 2. The first-order valence-electron chi connectivity index (χ1n) is 5.11. The Balaban J connectivity index is 2.14. The molecule has 1 N–H and O–H groups in total. The molecule has 1 atom stereocenters. The van der Waals surface area contributed by atoms with Crippen LogP contribution in [0.15, 0.2) is 6.33 Å². The molecule has 0 amide bonds. The summed E-state index contributed by atoms with van der Waals surface area (Å²) in [6.45, 7) is 0.943. The molecule has 1 aliphatic rings. The highest BCUT2D eigenvalue weighted by Gasteiger charge is 2.24. The molecular weight excluding hydrogens is 216 g/mol. The van der Waals surface area contributed by atoms with Crippen LogP contribution in [-0.4, -0.2) is 20.6 Å². The van der Waals surface area contributed by atoms with E-state index >= 15 is 0 Å². The lowest BCUT2D eigenvalue weighted by Crippen LogP contribution is -2.15. The average Bonchev–Trinajstić information content (AvgIpc) is 2.58. The van der Waals surface area contributed by atoms with Gasteiger partial charge in [-0.05, 0) is 19.3 Å². The molecule has 0 saturated carbocycles. The van der Waals surface area contributed by atoms with Crippen LogP contribution in [0.1, 0.15) is 37.3 Å². The van der Waals surface area contributed by atoms with Crippen molar-refractivity contribution in [2.45, 2.75) is 38.1 Å². The maximum absolute atomic E-state index is 10.5. The Kier molecular flexibility index (Phi) is 2.95. The molecule has 0 radical (unpaired) electrons. The van der Waals surface area contributed by atoms with Crippen molar-refractivity contribution in [3.63, 3.8) is 0 Å². The monoisotopic (exact) mass is 228 g/mol. The minimum absolute atomic E-state index is 0.201. The Hall–Kier alpha value is -1.03. The SMILES string of the molecule is O=C(O)CCC1CCCn2cnc(Cl)c21. The number of imidazole rings is 1. The van der Waals surface area contributed by atoms with E-state index in [1.54, 1.807) is 6.33 Å². The average molecular weight is 229 g/mol. The van der Waals surface area contributed by atoms with E-state index in [-0.39, 0.29) is 12.3 Å². The predicted molar refractivity (Wildman–Crippen MR) is 56.1 cm³/mol. The first kappa shape index (κ1) is 10.5. The Morgan fingerprint density at radius 2 is 2.53 bits per heavy atom. The Morgan fingerprint density at radius 3 is 3.27 bits per heavy atom. The van der Waals surface area contributed by atoms with E-state index in [1.165, 1.54) is 0 Å². The number of aryl methyl sites for hydroxylation is 1. The fourth-order valence-electron chi connectivity index (χ4n) is 2.17. The number of rotatable bonds is 3. The zero-order valence-electron chi connectivity index (χ0n) is 8.32. The summed E-state index contributed by atoms with van der Waals surface area (Å²) in [5.41, 5.74) is 1.02. The lowest BCUT2D eigenvalue weighted by atomic mass is 9.92. The van der Waals surface area contributed by atoms with Gasteiger partial charge in [-0.3, -0.25) is 4.79 Å². The number of fused-ring (bicyclic) bond motifs is 1. The van der Waals surface area contributed by atoms with Gasteiger partial charge in [-0.15, -0.1) is 0 Å². The van der Waals surface area contributed by atoms with Gasteiger partial charge in [0.15, 0.2) is 5.15 Å². The zero-order chi connectivity index (χ0) is 10.8. The minimum Gasteiger partial charge on any atom is -0.481 e. The first-order chi connectivity index (χ1) is 7.18. The molecule has 82 valence electrons. The third kappa shape index (κ3) is 2.15. The third-order valence-electron chi connectivity index (χ3n) is 2.88. The van der Waals surface area contributed by atoms with Crippen LogP contribution in [0.3, 0.4) is 0 Å². The summed E-state index contributed by atoms with van der Waals surface area (Å²) in [5, 5.41) is 9.19. The largest absolute Gasteiger partial charge is 0.481 e. The van der Waals surface area contributed by atoms with E-state index in [4.69, 9.17) is 16.7 Å². The summed E-state index contributed by atoms with van der Waals surface area (Å²) in [5.74, 6) is -0.493. The van der Waals surface area contributed by atoms with Gasteiger partial charge in [0.05, 0.1) is 12.0 Å². The van der Waals surface area contributed by atoms with Crippen LogP contribution in [0, 0.1) is 0 Å². The van der Waals surface area contributed by atoms with Crippen LogP contribution in [0.2, 0.25) is 5.15 Å². The summed E-state index contributed by atoms with van der Waals surface area (Å²) >= 11 is 5.99. The Morgan fingerprint density at radius 1 is 1.73 bits per heavy atom. The highest BCUT2D eigenvalue weighted by atomic mass is 35.5. The number of carboxylic acids is 1. The molecule has 0 spiro atoms. The number of hydrogen-bond acceptors (Lipinski definition) is 2. The van der Waals surface area contributed by atoms with E-state index < -0.39 is 5.97 Å². The lowest BCUT2D eigenvalue weighted by Gasteiger charge is -2.23. The highest BCUT2D eigenvalue weighted by Crippen LogP contribution is 2.34. The molecule has 0 aromatic carbocycles. The van der Waals surface area contributed by atoms with Gasteiger partial charge in [-0.2, -0.15) is 0 Å². The van der Waals surface area contributed by atoms with Crippen LogP contribution in [0.5, 0.6) is 0 Å². The summed E-state index contributed by atoms with van der Waals surface area (Å²) in [4.78, 5) is 14.6. The number of carbonyl (C=O) groups is 1. The van der Waals surface area contributed by atoms with E-state index in [0.29, 0.717) is 11.6 Å². The third-order valence-corrected chi connectivity index (χ3v) is 3.17. The topological polar surface area (TPSA) is 55.1 Å².